The summed E-state index contributed by atoms with van der Waals surface area (Å²) in [6.07, 6.45) is 1.49. The van der Waals surface area contributed by atoms with Crippen molar-refractivity contribution in [1.29, 1.82) is 0 Å². The van der Waals surface area contributed by atoms with Gasteiger partial charge in [0.25, 0.3) is 5.91 Å². The molecular formula is C21H15Cl2FN2O2. The third-order valence-corrected chi connectivity index (χ3v) is 4.34. The van der Waals surface area contributed by atoms with E-state index in [9.17, 15) is 9.18 Å². The van der Waals surface area contributed by atoms with Crippen LogP contribution in [0, 0.1) is 5.82 Å². The number of halogens is 3. The Morgan fingerprint density at radius 3 is 2.54 bits per heavy atom. The van der Waals surface area contributed by atoms with E-state index in [-0.39, 0.29) is 23.0 Å². The molecule has 28 heavy (non-hydrogen) atoms. The maximum atomic E-state index is 13.6. The van der Waals surface area contributed by atoms with E-state index in [0.717, 1.165) is 5.56 Å². The molecule has 0 saturated heterocycles. The van der Waals surface area contributed by atoms with Crippen LogP contribution in [-0.2, 0) is 6.61 Å². The topological polar surface area (TPSA) is 50.7 Å². The second kappa shape index (κ2) is 9.35. The average molecular weight is 417 g/mol. The van der Waals surface area contributed by atoms with Gasteiger partial charge in [0.2, 0.25) is 0 Å². The second-order valence-corrected chi connectivity index (χ2v) is 6.62. The van der Waals surface area contributed by atoms with E-state index in [4.69, 9.17) is 27.9 Å². The molecule has 7 heteroatoms. The minimum Gasteiger partial charge on any atom is -0.489 e. The molecule has 1 N–H and O–H groups in total. The largest absolute Gasteiger partial charge is 0.489 e. The Morgan fingerprint density at radius 2 is 1.82 bits per heavy atom. The molecule has 3 aromatic rings. The fourth-order valence-electron chi connectivity index (χ4n) is 2.33. The summed E-state index contributed by atoms with van der Waals surface area (Å²) in [5.41, 5.74) is 3.92. The predicted octanol–water partition coefficient (Wildman–Crippen LogP) is 5.48. The summed E-state index contributed by atoms with van der Waals surface area (Å²) in [6.45, 7) is 0.137. The lowest BCUT2D eigenvalue weighted by molar-refractivity contribution is 0.0955. The summed E-state index contributed by atoms with van der Waals surface area (Å²) in [7, 11) is 0. The van der Waals surface area contributed by atoms with Gasteiger partial charge >= 0.3 is 0 Å². The van der Waals surface area contributed by atoms with Gasteiger partial charge in [0.1, 0.15) is 18.2 Å². The third kappa shape index (κ3) is 5.31. The molecule has 1 amide bonds. The van der Waals surface area contributed by atoms with E-state index in [0.29, 0.717) is 16.3 Å². The van der Waals surface area contributed by atoms with E-state index in [1.54, 1.807) is 48.5 Å². The van der Waals surface area contributed by atoms with Crippen LogP contribution in [0.25, 0.3) is 0 Å². The van der Waals surface area contributed by atoms with E-state index < -0.39 is 5.91 Å². The molecule has 4 nitrogen and oxygen atoms in total. The van der Waals surface area contributed by atoms with Crippen molar-refractivity contribution < 1.29 is 13.9 Å². The number of nitrogens with one attached hydrogen (secondary N) is 1. The predicted molar refractivity (Wildman–Crippen MR) is 109 cm³/mol. The highest BCUT2D eigenvalue weighted by atomic mass is 35.5. The quantitative estimate of drug-likeness (QED) is 0.427. The highest BCUT2D eigenvalue weighted by molar-refractivity contribution is 6.36. The van der Waals surface area contributed by atoms with Gasteiger partial charge in [-0.25, -0.2) is 9.82 Å². The van der Waals surface area contributed by atoms with E-state index in [1.165, 1.54) is 24.4 Å². The van der Waals surface area contributed by atoms with Crippen LogP contribution in [0.1, 0.15) is 21.5 Å². The Morgan fingerprint density at radius 1 is 1.07 bits per heavy atom. The van der Waals surface area contributed by atoms with Gasteiger partial charge in [-0.1, -0.05) is 41.4 Å². The number of hydrogen-bond donors (Lipinski definition) is 1. The Bertz CT molecular complexity index is 1010. The number of ether oxygens (including phenoxy) is 1. The van der Waals surface area contributed by atoms with Crippen molar-refractivity contribution in [2.24, 2.45) is 5.10 Å². The van der Waals surface area contributed by atoms with Crippen LogP contribution >= 0.6 is 23.2 Å². The maximum absolute atomic E-state index is 13.6. The van der Waals surface area contributed by atoms with E-state index in [1.807, 2.05) is 0 Å². The molecule has 0 aliphatic rings. The molecule has 0 unspecified atom stereocenters. The fourth-order valence-corrected chi connectivity index (χ4v) is 2.82. The number of rotatable bonds is 6. The minimum absolute atomic E-state index is 0.137. The van der Waals surface area contributed by atoms with Crippen LogP contribution in [0.15, 0.2) is 71.8 Å². The highest BCUT2D eigenvalue weighted by Crippen LogP contribution is 2.20. The number of carbonyl (C=O) groups excluding carboxylic acids is 1. The van der Waals surface area contributed by atoms with Gasteiger partial charge in [-0.05, 0) is 54.1 Å². The average Bonchev–Trinajstić information content (AvgIpc) is 2.68. The van der Waals surface area contributed by atoms with Gasteiger partial charge in [0, 0.05) is 10.6 Å². The van der Waals surface area contributed by atoms with Crippen molar-refractivity contribution >= 4 is 35.3 Å². The first-order valence-electron chi connectivity index (χ1n) is 8.27. The number of hydrazone groups is 1. The van der Waals surface area contributed by atoms with Gasteiger partial charge in [-0.15, -0.1) is 0 Å². The molecule has 3 aromatic carbocycles. The molecule has 0 aliphatic carbocycles. The molecule has 0 aromatic heterocycles. The van der Waals surface area contributed by atoms with Gasteiger partial charge in [0.15, 0.2) is 0 Å². The molecular weight excluding hydrogens is 402 g/mol. The molecule has 0 heterocycles. The number of carbonyl (C=O) groups is 1. The van der Waals surface area contributed by atoms with Gasteiger partial charge in [0.05, 0.1) is 16.8 Å². The van der Waals surface area contributed by atoms with Crippen LogP contribution in [0.2, 0.25) is 10.0 Å². The lowest BCUT2D eigenvalue weighted by atomic mass is 10.2. The first kappa shape index (κ1) is 19.9. The van der Waals surface area contributed by atoms with Crippen LogP contribution in [0.4, 0.5) is 4.39 Å². The standard InChI is InChI=1S/C21H15Cl2FN2O2/c22-16-7-10-18(19(23)11-16)21(27)26-25-12-14-5-8-17(9-6-14)28-13-15-3-1-2-4-20(15)24/h1-12H,13H2,(H,26,27)/b25-12-. The van der Waals surface area contributed by atoms with Crippen molar-refractivity contribution in [3.05, 3.63) is 99.3 Å². The summed E-state index contributed by atoms with van der Waals surface area (Å²) < 4.78 is 19.2. The van der Waals surface area contributed by atoms with Crippen molar-refractivity contribution in [3.63, 3.8) is 0 Å². The molecule has 0 radical (unpaired) electrons. The lowest BCUT2D eigenvalue weighted by Crippen LogP contribution is -2.18. The van der Waals surface area contributed by atoms with Crippen LogP contribution < -0.4 is 10.2 Å². The normalized spacial score (nSPS) is 10.8. The summed E-state index contributed by atoms with van der Waals surface area (Å²) in [5, 5.41) is 4.60. The minimum atomic E-state index is -0.442. The second-order valence-electron chi connectivity index (χ2n) is 5.77. The number of nitrogens with zero attached hydrogens (tertiary/aromatic N) is 1. The summed E-state index contributed by atoms with van der Waals surface area (Å²) in [5.74, 6) is -0.150. The molecule has 0 bridgehead atoms. The molecule has 0 saturated carbocycles. The van der Waals surface area contributed by atoms with Crippen molar-refractivity contribution in [2.75, 3.05) is 0 Å². The van der Waals surface area contributed by atoms with Crippen molar-refractivity contribution in [1.82, 2.24) is 5.43 Å². The zero-order chi connectivity index (χ0) is 19.9. The third-order valence-electron chi connectivity index (χ3n) is 3.79. The molecule has 0 aliphatic heterocycles. The Kier molecular flexibility index (Phi) is 6.63. The monoisotopic (exact) mass is 416 g/mol. The Labute approximate surface area is 171 Å². The number of benzene rings is 3. The summed E-state index contributed by atoms with van der Waals surface area (Å²) in [4.78, 5) is 12.1. The van der Waals surface area contributed by atoms with Crippen LogP contribution in [-0.4, -0.2) is 12.1 Å². The molecule has 3 rings (SSSR count). The van der Waals surface area contributed by atoms with Crippen molar-refractivity contribution in [2.45, 2.75) is 6.61 Å². The zero-order valence-electron chi connectivity index (χ0n) is 14.5. The van der Waals surface area contributed by atoms with Gasteiger partial charge in [-0.3, -0.25) is 4.79 Å². The summed E-state index contributed by atoms with van der Waals surface area (Å²) >= 11 is 11.8. The number of hydrogen-bond acceptors (Lipinski definition) is 3. The number of amides is 1. The first-order chi connectivity index (χ1) is 13.5. The van der Waals surface area contributed by atoms with E-state index in [2.05, 4.69) is 10.5 Å². The highest BCUT2D eigenvalue weighted by Gasteiger charge is 2.09. The first-order valence-corrected chi connectivity index (χ1v) is 9.03. The SMILES string of the molecule is O=C(N/N=C\c1ccc(OCc2ccccc2F)cc1)c1ccc(Cl)cc1Cl. The molecule has 0 fully saturated rings. The summed E-state index contributed by atoms with van der Waals surface area (Å²) in [6, 6.07) is 18.0. The van der Waals surface area contributed by atoms with Crippen LogP contribution in [0.5, 0.6) is 5.75 Å². The zero-order valence-corrected chi connectivity index (χ0v) is 16.0. The molecule has 0 atom stereocenters. The van der Waals surface area contributed by atoms with Gasteiger partial charge in [-0.2, -0.15) is 5.10 Å². The van der Waals surface area contributed by atoms with Gasteiger partial charge < -0.3 is 4.74 Å². The Balaban J connectivity index is 1.55. The molecule has 142 valence electrons. The fraction of sp³-hybridized carbons (Fsp3) is 0.0476. The smallest absolute Gasteiger partial charge is 0.272 e. The maximum Gasteiger partial charge on any atom is 0.272 e. The molecule has 0 spiro atoms. The Hall–Kier alpha value is -2.89. The van der Waals surface area contributed by atoms with Crippen LogP contribution in [0.3, 0.4) is 0 Å². The van der Waals surface area contributed by atoms with Crippen molar-refractivity contribution in [3.8, 4) is 5.75 Å². The lowest BCUT2D eigenvalue weighted by Gasteiger charge is -2.07. The van der Waals surface area contributed by atoms with E-state index >= 15 is 0 Å².